The van der Waals surface area contributed by atoms with Gasteiger partial charge >= 0.3 is 0 Å². The molecule has 0 heterocycles. The minimum absolute atomic E-state index is 0.0544. The predicted octanol–water partition coefficient (Wildman–Crippen LogP) is -0.201. The van der Waals surface area contributed by atoms with Crippen LogP contribution >= 0.6 is 0 Å². The van der Waals surface area contributed by atoms with Gasteiger partial charge in [-0.3, -0.25) is 19.8 Å². The van der Waals surface area contributed by atoms with E-state index in [4.69, 9.17) is 5.11 Å². The molecule has 0 fully saturated rings. The van der Waals surface area contributed by atoms with Crippen LogP contribution in [0.2, 0.25) is 0 Å². The zero-order valence-corrected chi connectivity index (χ0v) is 15.4. The summed E-state index contributed by atoms with van der Waals surface area (Å²) >= 11 is 0. The Morgan fingerprint density at radius 2 is 1.84 bits per heavy atom. The van der Waals surface area contributed by atoms with E-state index >= 15 is 0 Å². The van der Waals surface area contributed by atoms with Gasteiger partial charge in [0.1, 0.15) is 10.5 Å². The second kappa shape index (κ2) is 8.34. The van der Waals surface area contributed by atoms with E-state index in [9.17, 15) is 23.3 Å². The Morgan fingerprint density at radius 3 is 2.28 bits per heavy atom. The van der Waals surface area contributed by atoms with E-state index < -0.39 is 43.6 Å². The maximum Gasteiger partial charge on any atom is 0.283 e. The highest BCUT2D eigenvalue weighted by atomic mass is 32.2. The van der Waals surface area contributed by atoms with Crippen LogP contribution in [-0.4, -0.2) is 86.5 Å². The molecule has 0 aromatic heterocycles. The van der Waals surface area contributed by atoms with Crippen LogP contribution in [0.1, 0.15) is 10.4 Å². The van der Waals surface area contributed by atoms with E-state index in [1.54, 1.807) is 19.0 Å². The molecular weight excluding hydrogens is 352 g/mol. The zero-order valence-electron chi connectivity index (χ0n) is 14.5. The first-order valence-electron chi connectivity index (χ1n) is 7.28. The maximum absolute atomic E-state index is 13.0. The van der Waals surface area contributed by atoms with Crippen molar-refractivity contribution < 1.29 is 23.2 Å². The Balaban J connectivity index is 3.66. The van der Waals surface area contributed by atoms with Crippen molar-refractivity contribution in [2.45, 2.75) is 4.90 Å². The van der Waals surface area contributed by atoms with Gasteiger partial charge in [-0.15, -0.1) is 0 Å². The number of carbonyl (C=O) groups excluding carboxylic acids is 1. The highest BCUT2D eigenvalue weighted by Crippen LogP contribution is 2.29. The number of benzene rings is 1. The lowest BCUT2D eigenvalue weighted by molar-refractivity contribution is -0.385. The molecular formula is C14H22N4O6S. The number of amides is 1. The second-order valence-electron chi connectivity index (χ2n) is 5.73. The third-order valence-corrected chi connectivity index (χ3v) is 5.10. The summed E-state index contributed by atoms with van der Waals surface area (Å²) in [6.45, 7) is -0.695. The summed E-state index contributed by atoms with van der Waals surface area (Å²) in [7, 11) is 1.78. The van der Waals surface area contributed by atoms with Crippen molar-refractivity contribution in [2.75, 3.05) is 48.0 Å². The zero-order chi connectivity index (χ0) is 19.4. The van der Waals surface area contributed by atoms with Crippen LogP contribution in [0.15, 0.2) is 23.1 Å². The minimum Gasteiger partial charge on any atom is -0.395 e. The van der Waals surface area contributed by atoms with Crippen LogP contribution in [0.3, 0.4) is 0 Å². The van der Waals surface area contributed by atoms with Crippen molar-refractivity contribution in [3.63, 3.8) is 0 Å². The first-order valence-corrected chi connectivity index (χ1v) is 8.72. The summed E-state index contributed by atoms with van der Waals surface area (Å²) in [6, 6.07) is 3.45. The Hall–Kier alpha value is -2.08. The lowest BCUT2D eigenvalue weighted by Gasteiger charge is -2.25. The summed E-state index contributed by atoms with van der Waals surface area (Å²) in [5.74, 6) is -0.792. The number of rotatable bonds is 8. The fourth-order valence-corrected chi connectivity index (χ4v) is 3.84. The number of aliphatic hydroxyl groups excluding tert-OH is 1. The molecule has 0 unspecified atom stereocenters. The summed E-state index contributed by atoms with van der Waals surface area (Å²) in [5.41, 5.74) is -1.09. The van der Waals surface area contributed by atoms with Gasteiger partial charge in [0.2, 0.25) is 10.0 Å². The number of nitro benzene ring substituents is 1. The Morgan fingerprint density at radius 1 is 1.24 bits per heavy atom. The van der Waals surface area contributed by atoms with Gasteiger partial charge in [-0.05, 0) is 20.2 Å². The molecule has 11 heteroatoms. The SMILES string of the molecule is CN(C)CN(CCO)S(=O)(=O)c1cccc([N+](=O)[O-])c1C(=O)N(C)C. The van der Waals surface area contributed by atoms with Crippen molar-refractivity contribution in [3.05, 3.63) is 33.9 Å². The van der Waals surface area contributed by atoms with Gasteiger partial charge in [0.05, 0.1) is 18.2 Å². The van der Waals surface area contributed by atoms with E-state index in [0.717, 1.165) is 21.3 Å². The van der Waals surface area contributed by atoms with E-state index in [2.05, 4.69) is 0 Å². The molecule has 1 rings (SSSR count). The largest absolute Gasteiger partial charge is 0.395 e. The van der Waals surface area contributed by atoms with Crippen molar-refractivity contribution in [1.29, 1.82) is 0 Å². The normalized spacial score (nSPS) is 11.8. The highest BCUT2D eigenvalue weighted by molar-refractivity contribution is 7.89. The van der Waals surface area contributed by atoms with Crippen LogP contribution in [0, 0.1) is 10.1 Å². The van der Waals surface area contributed by atoms with Crippen molar-refractivity contribution >= 4 is 21.6 Å². The van der Waals surface area contributed by atoms with Gasteiger partial charge in [0.15, 0.2) is 0 Å². The van der Waals surface area contributed by atoms with Crippen LogP contribution in [-0.2, 0) is 10.0 Å². The topological polar surface area (TPSA) is 124 Å². The average Bonchev–Trinajstić information content (AvgIpc) is 2.52. The number of aliphatic hydroxyl groups is 1. The molecule has 0 aliphatic rings. The van der Waals surface area contributed by atoms with Crippen molar-refractivity contribution in [2.24, 2.45) is 0 Å². The highest BCUT2D eigenvalue weighted by Gasteiger charge is 2.34. The Labute approximate surface area is 146 Å². The number of sulfonamides is 1. The number of hydrogen-bond donors (Lipinski definition) is 1. The summed E-state index contributed by atoms with van der Waals surface area (Å²) in [4.78, 5) is 25.1. The predicted molar refractivity (Wildman–Crippen MR) is 90.6 cm³/mol. The summed E-state index contributed by atoms with van der Waals surface area (Å²) < 4.78 is 26.9. The fourth-order valence-electron chi connectivity index (χ4n) is 2.16. The van der Waals surface area contributed by atoms with Crippen LogP contribution < -0.4 is 0 Å². The van der Waals surface area contributed by atoms with Gasteiger partial charge in [-0.25, -0.2) is 8.42 Å². The Bertz CT molecular complexity index is 748. The molecule has 0 atom stereocenters. The molecule has 0 bridgehead atoms. The van der Waals surface area contributed by atoms with E-state index in [0.29, 0.717) is 0 Å². The molecule has 25 heavy (non-hydrogen) atoms. The molecule has 0 saturated heterocycles. The van der Waals surface area contributed by atoms with Gasteiger partial charge in [0.25, 0.3) is 11.6 Å². The minimum atomic E-state index is -4.24. The second-order valence-corrected chi connectivity index (χ2v) is 7.64. The van der Waals surface area contributed by atoms with Crippen LogP contribution in [0.5, 0.6) is 0 Å². The van der Waals surface area contributed by atoms with Crippen LogP contribution in [0.25, 0.3) is 0 Å². The van der Waals surface area contributed by atoms with Gasteiger partial charge in [-0.1, -0.05) is 6.07 Å². The lowest BCUT2D eigenvalue weighted by Crippen LogP contribution is -2.41. The smallest absolute Gasteiger partial charge is 0.283 e. The molecule has 1 amide bonds. The summed E-state index contributed by atoms with van der Waals surface area (Å²) in [6.07, 6.45) is 0. The third kappa shape index (κ3) is 4.72. The number of nitrogens with zero attached hydrogens (tertiary/aromatic N) is 4. The summed E-state index contributed by atoms with van der Waals surface area (Å²) in [5, 5.41) is 20.4. The third-order valence-electron chi connectivity index (χ3n) is 3.23. The monoisotopic (exact) mass is 374 g/mol. The maximum atomic E-state index is 13.0. The van der Waals surface area contributed by atoms with E-state index in [1.807, 2.05) is 0 Å². The lowest BCUT2D eigenvalue weighted by atomic mass is 10.1. The quantitative estimate of drug-likeness (QED) is 0.379. The van der Waals surface area contributed by atoms with Gasteiger partial charge in [0, 0.05) is 26.7 Å². The molecule has 1 aromatic rings. The van der Waals surface area contributed by atoms with Gasteiger partial charge in [-0.2, -0.15) is 4.31 Å². The van der Waals surface area contributed by atoms with Crippen molar-refractivity contribution in [1.82, 2.24) is 14.1 Å². The van der Waals surface area contributed by atoms with Crippen molar-refractivity contribution in [3.8, 4) is 0 Å². The number of nitro groups is 1. The first kappa shape index (κ1) is 21.0. The molecule has 140 valence electrons. The molecule has 0 aliphatic heterocycles. The standard InChI is InChI=1S/C14H22N4O6S/c1-15(2)10-17(8-9-19)25(23,24)12-7-5-6-11(18(21)22)13(12)14(20)16(3)4/h5-7,19H,8-10H2,1-4H3. The fraction of sp³-hybridized carbons (Fsp3) is 0.500. The van der Waals surface area contributed by atoms with Crippen LogP contribution in [0.4, 0.5) is 5.69 Å². The average molecular weight is 374 g/mol. The molecule has 0 saturated carbocycles. The Kier molecular flexibility index (Phi) is 6.99. The molecule has 1 aromatic carbocycles. The molecule has 0 spiro atoms. The molecule has 0 aliphatic carbocycles. The number of carbonyl (C=O) groups is 1. The molecule has 1 N–H and O–H groups in total. The van der Waals surface area contributed by atoms with Gasteiger partial charge < -0.3 is 10.0 Å². The van der Waals surface area contributed by atoms with E-state index in [1.165, 1.54) is 20.2 Å². The van der Waals surface area contributed by atoms with E-state index in [-0.39, 0.29) is 13.2 Å². The number of hydrogen-bond acceptors (Lipinski definition) is 7. The molecule has 0 radical (unpaired) electrons. The first-order chi connectivity index (χ1) is 11.5. The molecule has 10 nitrogen and oxygen atoms in total.